The van der Waals surface area contributed by atoms with E-state index < -0.39 is 10.0 Å². The number of terminal acetylenes is 1. The molecular formula is C23H26N5O3S+. The highest BCUT2D eigenvalue weighted by Crippen LogP contribution is 2.27. The van der Waals surface area contributed by atoms with Crippen molar-refractivity contribution in [2.45, 2.75) is 18.0 Å². The summed E-state index contributed by atoms with van der Waals surface area (Å²) in [5.74, 6) is 2.57. The topological polar surface area (TPSA) is 89.3 Å². The normalized spacial score (nSPS) is 21.9. The second kappa shape index (κ2) is 7.52. The van der Waals surface area contributed by atoms with Crippen LogP contribution in [0.2, 0.25) is 0 Å². The minimum absolute atomic E-state index is 0.0568. The number of nitrogens with zero attached hydrogens (tertiary/aromatic N) is 3. The fourth-order valence-corrected chi connectivity index (χ4v) is 6.17. The Kier molecular flexibility index (Phi) is 4.89. The van der Waals surface area contributed by atoms with Gasteiger partial charge < -0.3 is 9.97 Å². The molecule has 0 bridgehead atoms. The van der Waals surface area contributed by atoms with Gasteiger partial charge in [-0.25, -0.2) is 17.7 Å². The number of carbonyl (C=O) groups excluding carboxylic acids is 1. The fourth-order valence-electron chi connectivity index (χ4n) is 4.73. The van der Waals surface area contributed by atoms with Crippen LogP contribution in [0.5, 0.6) is 0 Å². The highest BCUT2D eigenvalue weighted by atomic mass is 32.2. The number of hydrogen-bond acceptors (Lipinski definition) is 3. The summed E-state index contributed by atoms with van der Waals surface area (Å²) in [6.07, 6.45) is 10.3. The molecule has 5 rings (SSSR count). The third-order valence-corrected chi connectivity index (χ3v) is 8.49. The van der Waals surface area contributed by atoms with Gasteiger partial charge in [-0.15, -0.1) is 6.42 Å². The number of aromatic amines is 2. The molecule has 2 amide bonds. The van der Waals surface area contributed by atoms with E-state index in [1.807, 2.05) is 19.4 Å². The number of rotatable bonds is 2. The van der Waals surface area contributed by atoms with Crippen molar-refractivity contribution < 1.29 is 17.7 Å². The number of carbonyl (C=O) groups is 1. The number of piperazine rings is 1. The number of likely N-dealkylation sites (N-methyl/N-ethyl adjacent to an activating group) is 1. The van der Waals surface area contributed by atoms with E-state index in [0.717, 1.165) is 23.9 Å². The van der Waals surface area contributed by atoms with Gasteiger partial charge in [-0.2, -0.15) is 4.31 Å². The van der Waals surface area contributed by atoms with Gasteiger partial charge in [-0.3, -0.25) is 4.90 Å². The second-order valence-electron chi connectivity index (χ2n) is 8.79. The number of amides is 2. The van der Waals surface area contributed by atoms with Crippen molar-refractivity contribution in [2.24, 2.45) is 0 Å². The molecule has 3 aromatic rings. The highest BCUT2D eigenvalue weighted by Gasteiger charge is 2.41. The molecule has 0 saturated carbocycles. The molecule has 1 fully saturated rings. The van der Waals surface area contributed by atoms with E-state index in [4.69, 9.17) is 6.42 Å². The molecule has 1 saturated heterocycles. The molecule has 2 aliphatic rings. The van der Waals surface area contributed by atoms with Crippen LogP contribution in [-0.4, -0.2) is 77.9 Å². The Bertz CT molecular complexity index is 1340. The number of hydrogen-bond donors (Lipinski definition) is 2. The van der Waals surface area contributed by atoms with Crippen LogP contribution in [-0.2, 0) is 23.0 Å². The Morgan fingerprint density at radius 3 is 2.62 bits per heavy atom. The van der Waals surface area contributed by atoms with Gasteiger partial charge in [0.2, 0.25) is 0 Å². The van der Waals surface area contributed by atoms with E-state index in [0.29, 0.717) is 29.7 Å². The molecule has 2 N–H and O–H groups in total. The zero-order valence-electron chi connectivity index (χ0n) is 18.0. The predicted octanol–water partition coefficient (Wildman–Crippen LogP) is 2.11. The Morgan fingerprint density at radius 1 is 1.12 bits per heavy atom. The second-order valence-corrected chi connectivity index (χ2v) is 10.7. The molecule has 1 atom stereocenters. The molecule has 4 heterocycles. The van der Waals surface area contributed by atoms with E-state index in [1.54, 1.807) is 29.2 Å². The standard InChI is InChI=1S/C23H26N5O3S/c1-3-17-4-5-21-19(12-17)13-22(25-21)32(30,31)27-9-7-26(8-10-27)23(29)28(2)11-6-18-14-24-15-20(18)16-28/h1,4-5,12-15,24-25H,6-11,16H2,2H3/q+1. The number of quaternary nitrogens is 1. The van der Waals surface area contributed by atoms with Crippen LogP contribution in [0.1, 0.15) is 16.7 Å². The van der Waals surface area contributed by atoms with Gasteiger partial charge in [0.25, 0.3) is 10.0 Å². The summed E-state index contributed by atoms with van der Waals surface area (Å²) in [4.78, 5) is 21.2. The lowest BCUT2D eigenvalue weighted by atomic mass is 10.0. The largest absolute Gasteiger partial charge is 0.419 e. The molecule has 0 spiro atoms. The van der Waals surface area contributed by atoms with Crippen LogP contribution in [0.25, 0.3) is 10.9 Å². The molecule has 9 heteroatoms. The summed E-state index contributed by atoms with van der Waals surface area (Å²) in [6.45, 7) is 2.71. The Hall–Kier alpha value is -3.06. The van der Waals surface area contributed by atoms with Gasteiger partial charge in [0, 0.05) is 67.0 Å². The van der Waals surface area contributed by atoms with Gasteiger partial charge >= 0.3 is 6.03 Å². The van der Waals surface area contributed by atoms with Gasteiger partial charge in [0.1, 0.15) is 11.6 Å². The lowest BCUT2D eigenvalue weighted by Crippen LogP contribution is -2.61. The summed E-state index contributed by atoms with van der Waals surface area (Å²) in [5.41, 5.74) is 3.88. The van der Waals surface area contributed by atoms with Crippen LogP contribution in [0.3, 0.4) is 0 Å². The first-order valence-electron chi connectivity index (χ1n) is 10.7. The predicted molar refractivity (Wildman–Crippen MR) is 121 cm³/mol. The van der Waals surface area contributed by atoms with E-state index in [-0.39, 0.29) is 24.1 Å². The first-order chi connectivity index (χ1) is 15.3. The first kappa shape index (κ1) is 20.8. The number of H-pyrrole nitrogens is 2. The molecule has 1 unspecified atom stereocenters. The lowest BCUT2D eigenvalue weighted by molar-refractivity contribution is -0.849. The maximum absolute atomic E-state index is 13.3. The number of nitrogens with one attached hydrogen (secondary N) is 2. The van der Waals surface area contributed by atoms with E-state index in [2.05, 4.69) is 15.9 Å². The molecule has 8 nitrogen and oxygen atoms in total. The number of benzene rings is 1. The molecule has 2 aromatic heterocycles. The van der Waals surface area contributed by atoms with Crippen molar-refractivity contribution in [3.8, 4) is 12.3 Å². The quantitative estimate of drug-likeness (QED) is 0.461. The van der Waals surface area contributed by atoms with Gasteiger partial charge in [-0.1, -0.05) is 5.92 Å². The number of urea groups is 1. The van der Waals surface area contributed by atoms with Crippen LogP contribution in [0, 0.1) is 12.3 Å². The average Bonchev–Trinajstić information content (AvgIpc) is 3.44. The van der Waals surface area contributed by atoms with Crippen LogP contribution >= 0.6 is 0 Å². The van der Waals surface area contributed by atoms with Crippen molar-refractivity contribution in [1.29, 1.82) is 0 Å². The highest BCUT2D eigenvalue weighted by molar-refractivity contribution is 7.89. The van der Waals surface area contributed by atoms with Gasteiger partial charge in [0.15, 0.2) is 0 Å². The Labute approximate surface area is 187 Å². The minimum Gasteiger partial charge on any atom is -0.367 e. The third-order valence-electron chi connectivity index (χ3n) is 6.67. The monoisotopic (exact) mass is 452 g/mol. The minimum atomic E-state index is -3.69. The van der Waals surface area contributed by atoms with Crippen molar-refractivity contribution in [2.75, 3.05) is 39.8 Å². The smallest absolute Gasteiger partial charge is 0.367 e. The number of sulfonamides is 1. The Balaban J connectivity index is 1.29. The number of fused-ring (bicyclic) bond motifs is 2. The third kappa shape index (κ3) is 3.41. The lowest BCUT2D eigenvalue weighted by Gasteiger charge is -2.41. The average molecular weight is 453 g/mol. The Morgan fingerprint density at radius 2 is 1.88 bits per heavy atom. The summed E-state index contributed by atoms with van der Waals surface area (Å²) < 4.78 is 28.2. The van der Waals surface area contributed by atoms with Crippen LogP contribution in [0.15, 0.2) is 41.7 Å². The van der Waals surface area contributed by atoms with Crippen molar-refractivity contribution >= 4 is 27.0 Å². The fraction of sp³-hybridized carbons (Fsp3) is 0.348. The summed E-state index contributed by atoms with van der Waals surface area (Å²) in [6, 6.07) is 7.04. The maximum atomic E-state index is 13.3. The van der Waals surface area contributed by atoms with Crippen molar-refractivity contribution in [3.63, 3.8) is 0 Å². The van der Waals surface area contributed by atoms with Crippen molar-refractivity contribution in [3.05, 3.63) is 53.3 Å². The maximum Gasteiger partial charge on any atom is 0.419 e. The van der Waals surface area contributed by atoms with E-state index in [9.17, 15) is 13.2 Å². The van der Waals surface area contributed by atoms with E-state index in [1.165, 1.54) is 15.4 Å². The summed E-state index contributed by atoms with van der Waals surface area (Å²) in [5, 5.41) is 0.913. The van der Waals surface area contributed by atoms with Gasteiger partial charge in [-0.05, 0) is 29.8 Å². The number of aromatic nitrogens is 2. The molecule has 2 aliphatic heterocycles. The van der Waals surface area contributed by atoms with Crippen LogP contribution in [0.4, 0.5) is 4.79 Å². The van der Waals surface area contributed by atoms with E-state index >= 15 is 0 Å². The molecule has 166 valence electrons. The SMILES string of the molecule is C#Cc1ccc2[nH]c(S(=O)(=O)N3CCN(C(=O)[N+]4(C)CCc5c[nH]cc5C4)CC3)cc2c1. The molecule has 0 radical (unpaired) electrons. The zero-order chi connectivity index (χ0) is 22.5. The molecule has 1 aromatic carbocycles. The summed E-state index contributed by atoms with van der Waals surface area (Å²) >= 11 is 0. The van der Waals surface area contributed by atoms with Crippen molar-refractivity contribution in [1.82, 2.24) is 19.2 Å². The summed E-state index contributed by atoms with van der Waals surface area (Å²) in [7, 11) is -1.72. The molecule has 0 aliphatic carbocycles. The molecule has 32 heavy (non-hydrogen) atoms. The van der Waals surface area contributed by atoms with Crippen LogP contribution < -0.4 is 0 Å². The van der Waals surface area contributed by atoms with Gasteiger partial charge in [0.05, 0.1) is 13.6 Å². The molecular weight excluding hydrogens is 426 g/mol. The zero-order valence-corrected chi connectivity index (χ0v) is 18.8. The first-order valence-corrected chi connectivity index (χ1v) is 12.1.